The highest BCUT2D eigenvalue weighted by Crippen LogP contribution is 2.13. The van der Waals surface area contributed by atoms with Crippen molar-refractivity contribution in [1.29, 1.82) is 0 Å². The molecule has 0 amide bonds. The third-order valence-electron chi connectivity index (χ3n) is 3.85. The van der Waals surface area contributed by atoms with Crippen molar-refractivity contribution in [2.24, 2.45) is 0 Å². The molecule has 1 atom stereocenters. The number of rotatable bonds is 11. The molecule has 1 aromatic rings. The van der Waals surface area contributed by atoms with Crippen molar-refractivity contribution in [2.75, 3.05) is 0 Å². The standard InChI is InChI=1S/C20H31O/c1-3-4-5-6-7-8-10-13-18(2)16-20(21)17-19-14-11-9-12-15-19/h9,11-12,14,16,20-21H,3-8,10,13,17H2,1-2H3. The molecule has 0 saturated heterocycles. The lowest BCUT2D eigenvalue weighted by Crippen LogP contribution is -2.07. The van der Waals surface area contributed by atoms with E-state index in [1.165, 1.54) is 50.5 Å². The molecule has 0 fully saturated rings. The summed E-state index contributed by atoms with van der Waals surface area (Å²) in [4.78, 5) is 0. The van der Waals surface area contributed by atoms with Crippen LogP contribution in [0.2, 0.25) is 0 Å². The van der Waals surface area contributed by atoms with Crippen molar-refractivity contribution in [1.82, 2.24) is 0 Å². The van der Waals surface area contributed by atoms with Crippen LogP contribution in [-0.4, -0.2) is 11.2 Å². The molecule has 0 bridgehead atoms. The lowest BCUT2D eigenvalue weighted by Gasteiger charge is -2.08. The van der Waals surface area contributed by atoms with Gasteiger partial charge in [-0.3, -0.25) is 0 Å². The third-order valence-corrected chi connectivity index (χ3v) is 3.85. The van der Waals surface area contributed by atoms with Crippen LogP contribution in [-0.2, 0) is 6.42 Å². The SMILES string of the molecule is CCCCCCCCCC(C)=CC(O)Cc1[c]cccc1. The van der Waals surface area contributed by atoms with Gasteiger partial charge in [0.2, 0.25) is 0 Å². The Labute approximate surface area is 131 Å². The number of unbranched alkanes of at least 4 members (excludes halogenated alkanes) is 6. The van der Waals surface area contributed by atoms with Gasteiger partial charge in [-0.1, -0.05) is 81.4 Å². The van der Waals surface area contributed by atoms with Crippen LogP contribution >= 0.6 is 0 Å². The predicted molar refractivity (Wildman–Crippen MR) is 91.4 cm³/mol. The highest BCUT2D eigenvalue weighted by Gasteiger charge is 2.03. The van der Waals surface area contributed by atoms with Crippen molar-refractivity contribution >= 4 is 0 Å². The van der Waals surface area contributed by atoms with E-state index in [0.29, 0.717) is 6.42 Å². The van der Waals surface area contributed by atoms with Gasteiger partial charge in [-0.05, 0) is 31.4 Å². The van der Waals surface area contributed by atoms with E-state index in [0.717, 1.165) is 12.0 Å². The van der Waals surface area contributed by atoms with E-state index >= 15 is 0 Å². The van der Waals surface area contributed by atoms with Crippen LogP contribution in [0.25, 0.3) is 0 Å². The molecular weight excluding hydrogens is 256 g/mol. The third kappa shape index (κ3) is 9.47. The van der Waals surface area contributed by atoms with E-state index in [1.807, 2.05) is 30.3 Å². The van der Waals surface area contributed by atoms with Gasteiger partial charge in [0.25, 0.3) is 0 Å². The molecule has 0 heterocycles. The summed E-state index contributed by atoms with van der Waals surface area (Å²) < 4.78 is 0. The quantitative estimate of drug-likeness (QED) is 0.422. The molecule has 1 rings (SSSR count). The summed E-state index contributed by atoms with van der Waals surface area (Å²) in [6.45, 7) is 4.39. The van der Waals surface area contributed by atoms with Gasteiger partial charge in [0.1, 0.15) is 0 Å². The van der Waals surface area contributed by atoms with Gasteiger partial charge in [-0.15, -0.1) is 0 Å². The minimum atomic E-state index is -0.381. The minimum Gasteiger partial charge on any atom is -0.389 e. The zero-order chi connectivity index (χ0) is 15.3. The Bertz CT molecular complexity index is 380. The van der Waals surface area contributed by atoms with Gasteiger partial charge < -0.3 is 5.11 Å². The van der Waals surface area contributed by atoms with Gasteiger partial charge >= 0.3 is 0 Å². The smallest absolute Gasteiger partial charge is 0.0763 e. The fourth-order valence-corrected chi connectivity index (χ4v) is 2.61. The van der Waals surface area contributed by atoms with Gasteiger partial charge in [-0.25, -0.2) is 0 Å². The molecule has 1 radical (unpaired) electrons. The van der Waals surface area contributed by atoms with Gasteiger partial charge in [0.05, 0.1) is 6.10 Å². The molecule has 1 heteroatoms. The molecule has 1 N–H and O–H groups in total. The van der Waals surface area contributed by atoms with E-state index in [9.17, 15) is 5.11 Å². The number of hydrogen-bond donors (Lipinski definition) is 1. The molecule has 1 unspecified atom stereocenters. The molecule has 1 nitrogen and oxygen atoms in total. The van der Waals surface area contributed by atoms with Gasteiger partial charge in [0, 0.05) is 6.42 Å². The molecule has 0 saturated carbocycles. The van der Waals surface area contributed by atoms with E-state index in [4.69, 9.17) is 0 Å². The van der Waals surface area contributed by atoms with Crippen LogP contribution < -0.4 is 0 Å². The van der Waals surface area contributed by atoms with Crippen LogP contribution in [0.1, 0.15) is 70.8 Å². The largest absolute Gasteiger partial charge is 0.389 e. The summed E-state index contributed by atoms with van der Waals surface area (Å²) in [5.41, 5.74) is 2.39. The number of benzene rings is 1. The zero-order valence-corrected chi connectivity index (χ0v) is 13.8. The average Bonchev–Trinajstić information content (AvgIpc) is 2.47. The normalized spacial score (nSPS) is 13.4. The monoisotopic (exact) mass is 287 g/mol. The molecule has 1 aromatic carbocycles. The van der Waals surface area contributed by atoms with Crippen LogP contribution in [0.3, 0.4) is 0 Å². The molecule has 0 aliphatic heterocycles. The van der Waals surface area contributed by atoms with Crippen molar-refractivity contribution in [3.8, 4) is 0 Å². The van der Waals surface area contributed by atoms with E-state index < -0.39 is 0 Å². The molecule has 21 heavy (non-hydrogen) atoms. The lowest BCUT2D eigenvalue weighted by molar-refractivity contribution is 0.222. The maximum Gasteiger partial charge on any atom is 0.0763 e. The molecular formula is C20H31O. The number of aliphatic hydroxyl groups excluding tert-OH is 1. The summed E-state index contributed by atoms with van der Waals surface area (Å²) in [5.74, 6) is 0. The minimum absolute atomic E-state index is 0.381. The van der Waals surface area contributed by atoms with Crippen LogP contribution in [0.5, 0.6) is 0 Å². The second kappa shape index (κ2) is 11.6. The molecule has 0 spiro atoms. The van der Waals surface area contributed by atoms with Gasteiger partial charge in [0.15, 0.2) is 0 Å². The first-order chi connectivity index (χ1) is 10.2. The van der Waals surface area contributed by atoms with Crippen LogP contribution in [0.15, 0.2) is 35.9 Å². The van der Waals surface area contributed by atoms with E-state index in [1.54, 1.807) is 0 Å². The zero-order valence-electron chi connectivity index (χ0n) is 13.8. The predicted octanol–water partition coefficient (Wildman–Crippen LogP) is 5.48. The first kappa shape index (κ1) is 18.0. The van der Waals surface area contributed by atoms with E-state index in [2.05, 4.69) is 19.9 Å². The Morgan fingerprint density at radius 3 is 2.52 bits per heavy atom. The Hall–Kier alpha value is -1.08. The maximum atomic E-state index is 10.1. The summed E-state index contributed by atoms with van der Waals surface area (Å²) in [6.07, 6.45) is 12.8. The first-order valence-corrected chi connectivity index (χ1v) is 8.53. The second-order valence-corrected chi connectivity index (χ2v) is 6.04. The van der Waals surface area contributed by atoms with Crippen molar-refractivity contribution < 1.29 is 5.11 Å². The summed E-state index contributed by atoms with van der Waals surface area (Å²) in [6, 6.07) is 11.0. The van der Waals surface area contributed by atoms with E-state index in [-0.39, 0.29) is 6.10 Å². The molecule has 0 aliphatic rings. The summed E-state index contributed by atoms with van der Waals surface area (Å²) >= 11 is 0. The lowest BCUT2D eigenvalue weighted by atomic mass is 10.0. The maximum absolute atomic E-state index is 10.1. The van der Waals surface area contributed by atoms with Crippen molar-refractivity contribution in [3.63, 3.8) is 0 Å². The summed E-state index contributed by atoms with van der Waals surface area (Å²) in [5, 5.41) is 10.1. The van der Waals surface area contributed by atoms with Crippen LogP contribution in [0, 0.1) is 6.07 Å². The highest BCUT2D eigenvalue weighted by atomic mass is 16.3. The number of hydrogen-bond acceptors (Lipinski definition) is 1. The fourth-order valence-electron chi connectivity index (χ4n) is 2.61. The fraction of sp³-hybridized carbons (Fsp3) is 0.600. The number of aliphatic hydroxyl groups is 1. The molecule has 117 valence electrons. The molecule has 0 aromatic heterocycles. The summed E-state index contributed by atoms with van der Waals surface area (Å²) in [7, 11) is 0. The van der Waals surface area contributed by atoms with Gasteiger partial charge in [-0.2, -0.15) is 0 Å². The topological polar surface area (TPSA) is 20.2 Å². The second-order valence-electron chi connectivity index (χ2n) is 6.04. The highest BCUT2D eigenvalue weighted by molar-refractivity contribution is 5.16. The Morgan fingerprint density at radius 2 is 1.86 bits per heavy atom. The Kier molecular flexibility index (Phi) is 9.90. The average molecular weight is 287 g/mol. The Balaban J connectivity index is 2.14. The van der Waals surface area contributed by atoms with Crippen molar-refractivity contribution in [3.05, 3.63) is 47.5 Å². The van der Waals surface area contributed by atoms with Crippen molar-refractivity contribution in [2.45, 2.75) is 77.7 Å². The Morgan fingerprint density at radius 1 is 1.14 bits per heavy atom. The van der Waals surface area contributed by atoms with Crippen LogP contribution in [0.4, 0.5) is 0 Å². The molecule has 0 aliphatic carbocycles. The number of allylic oxidation sites excluding steroid dienone is 1. The first-order valence-electron chi connectivity index (χ1n) is 8.53.